The first kappa shape index (κ1) is 18.1. The van der Waals surface area contributed by atoms with Gasteiger partial charge in [0.25, 0.3) is 0 Å². The number of Topliss-reactive ketones (excluding diaryl/α,β-unsaturated/α-hetero) is 2. The monoisotopic (exact) mass is 320 g/mol. The van der Waals surface area contributed by atoms with Crippen molar-refractivity contribution in [2.45, 2.75) is 34.1 Å². The molecular weight excluding hydrogens is 300 g/mol. The van der Waals surface area contributed by atoms with Gasteiger partial charge in [-0.2, -0.15) is 5.26 Å². The largest absolute Gasteiger partial charge is 0.355 e. The highest BCUT2D eigenvalue weighted by Gasteiger charge is 2.28. The number of amides is 1. The summed E-state index contributed by atoms with van der Waals surface area (Å²) in [5.41, 5.74) is -0.540. The summed E-state index contributed by atoms with van der Waals surface area (Å²) in [6.45, 7) is 7.29. The fourth-order valence-electron chi connectivity index (χ4n) is 1.69. The Kier molecular flexibility index (Phi) is 6.01. The van der Waals surface area contributed by atoms with Gasteiger partial charge < -0.3 is 5.32 Å². The minimum atomic E-state index is -1.30. The second-order valence-corrected chi connectivity index (χ2v) is 7.35. The van der Waals surface area contributed by atoms with Crippen LogP contribution in [0.1, 0.15) is 41.7 Å². The number of hydrogen-bond acceptors (Lipinski definition) is 5. The highest BCUT2D eigenvalue weighted by molar-refractivity contribution is 7.14. The lowest BCUT2D eigenvalue weighted by Crippen LogP contribution is -2.36. The molecule has 1 N–H and O–H groups in total. The van der Waals surface area contributed by atoms with Gasteiger partial charge in [0.2, 0.25) is 5.91 Å². The van der Waals surface area contributed by atoms with Gasteiger partial charge >= 0.3 is 0 Å². The fraction of sp³-hybridized carbons (Fsp3) is 0.500. The van der Waals surface area contributed by atoms with Crippen molar-refractivity contribution in [3.05, 3.63) is 21.9 Å². The lowest BCUT2D eigenvalue weighted by Gasteiger charge is -2.17. The maximum absolute atomic E-state index is 12.2. The molecule has 1 atom stereocenters. The number of nitrogens with one attached hydrogen (secondary N) is 1. The summed E-state index contributed by atoms with van der Waals surface area (Å²) < 4.78 is 0. The third-order valence-corrected chi connectivity index (χ3v) is 4.05. The quantitative estimate of drug-likeness (QED) is 0.644. The van der Waals surface area contributed by atoms with Crippen LogP contribution in [0, 0.1) is 29.6 Å². The molecule has 0 fully saturated rings. The molecule has 1 amide bonds. The number of carbonyl (C=O) groups excluding carboxylic acids is 3. The van der Waals surface area contributed by atoms with E-state index in [4.69, 9.17) is 5.26 Å². The number of rotatable bonds is 6. The van der Waals surface area contributed by atoms with E-state index in [0.717, 1.165) is 4.88 Å². The Bertz CT molecular complexity index is 620. The van der Waals surface area contributed by atoms with Gasteiger partial charge in [0.1, 0.15) is 0 Å². The number of aryl methyl sites for hydroxylation is 1. The van der Waals surface area contributed by atoms with Crippen molar-refractivity contribution >= 4 is 28.8 Å². The molecule has 1 aromatic rings. The summed E-state index contributed by atoms with van der Waals surface area (Å²) in [6.07, 6.45) is -0.0316. The van der Waals surface area contributed by atoms with Crippen LogP contribution in [0.25, 0.3) is 0 Å². The molecule has 1 aromatic heterocycles. The van der Waals surface area contributed by atoms with E-state index in [9.17, 15) is 14.4 Å². The molecule has 6 heteroatoms. The molecule has 5 nitrogen and oxygen atoms in total. The van der Waals surface area contributed by atoms with Crippen molar-refractivity contribution in [3.8, 4) is 6.07 Å². The number of nitrogens with zero attached hydrogens (tertiary/aromatic N) is 1. The number of ketones is 2. The van der Waals surface area contributed by atoms with Crippen LogP contribution in [0.5, 0.6) is 0 Å². The molecule has 0 spiro atoms. The minimum absolute atomic E-state index is 0.0316. The van der Waals surface area contributed by atoms with Crippen LogP contribution in [0.15, 0.2) is 12.1 Å². The van der Waals surface area contributed by atoms with Crippen LogP contribution >= 0.6 is 11.3 Å². The van der Waals surface area contributed by atoms with E-state index in [-0.39, 0.29) is 18.9 Å². The predicted octanol–water partition coefficient (Wildman–Crippen LogP) is 2.50. The van der Waals surface area contributed by atoms with Crippen LogP contribution in [-0.2, 0) is 9.59 Å². The standard InChI is InChI=1S/C16H20N2O3S/c1-10-5-6-13(22-10)14(20)11(9-17)12(19)7-8-18-15(21)16(2,3)4/h5-6,11H,7-8H2,1-4H3,(H,18,21)/t11-/m1/s1. The molecule has 0 aliphatic rings. The fourth-order valence-corrected chi connectivity index (χ4v) is 2.53. The Morgan fingerprint density at radius 3 is 2.41 bits per heavy atom. The normalized spacial score (nSPS) is 12.3. The van der Waals surface area contributed by atoms with Gasteiger partial charge in [0.15, 0.2) is 17.5 Å². The van der Waals surface area contributed by atoms with Gasteiger partial charge in [-0.15, -0.1) is 11.3 Å². The Balaban J connectivity index is 2.61. The van der Waals surface area contributed by atoms with Gasteiger partial charge in [-0.1, -0.05) is 20.8 Å². The summed E-state index contributed by atoms with van der Waals surface area (Å²) in [4.78, 5) is 37.3. The zero-order valence-corrected chi connectivity index (χ0v) is 14.0. The Morgan fingerprint density at radius 1 is 1.32 bits per heavy atom. The summed E-state index contributed by atoms with van der Waals surface area (Å²) >= 11 is 1.27. The molecule has 0 saturated heterocycles. The van der Waals surface area contributed by atoms with Crippen molar-refractivity contribution < 1.29 is 14.4 Å². The molecule has 0 aliphatic heterocycles. The van der Waals surface area contributed by atoms with Crippen molar-refractivity contribution in [1.82, 2.24) is 5.32 Å². The summed E-state index contributed by atoms with van der Waals surface area (Å²) in [7, 11) is 0. The van der Waals surface area contributed by atoms with Crippen LogP contribution in [0.3, 0.4) is 0 Å². The summed E-state index contributed by atoms with van der Waals surface area (Å²) in [5, 5.41) is 11.7. The van der Waals surface area contributed by atoms with E-state index >= 15 is 0 Å². The third-order valence-electron chi connectivity index (χ3n) is 3.03. The summed E-state index contributed by atoms with van der Waals surface area (Å²) in [6, 6.07) is 5.18. The molecule has 0 aliphatic carbocycles. The van der Waals surface area contributed by atoms with Crippen molar-refractivity contribution in [3.63, 3.8) is 0 Å². The molecule has 0 aromatic carbocycles. The zero-order chi connectivity index (χ0) is 16.9. The maximum atomic E-state index is 12.2. The smallest absolute Gasteiger partial charge is 0.225 e. The molecule has 0 bridgehead atoms. The number of hydrogen-bond donors (Lipinski definition) is 1. The lowest BCUT2D eigenvalue weighted by molar-refractivity contribution is -0.128. The molecule has 0 saturated carbocycles. The van der Waals surface area contributed by atoms with E-state index in [1.807, 2.05) is 6.92 Å². The average molecular weight is 320 g/mol. The van der Waals surface area contributed by atoms with E-state index < -0.39 is 22.9 Å². The molecule has 22 heavy (non-hydrogen) atoms. The molecule has 118 valence electrons. The highest BCUT2D eigenvalue weighted by Crippen LogP contribution is 2.20. The molecular formula is C16H20N2O3S. The van der Waals surface area contributed by atoms with Gasteiger partial charge in [-0.3, -0.25) is 14.4 Å². The number of carbonyl (C=O) groups is 3. The summed E-state index contributed by atoms with van der Waals surface area (Å²) in [5.74, 6) is -2.40. The van der Waals surface area contributed by atoms with Crippen molar-refractivity contribution in [1.29, 1.82) is 5.26 Å². The van der Waals surface area contributed by atoms with E-state index in [1.165, 1.54) is 11.3 Å². The highest BCUT2D eigenvalue weighted by atomic mass is 32.1. The van der Waals surface area contributed by atoms with Crippen molar-refractivity contribution in [2.24, 2.45) is 11.3 Å². The van der Waals surface area contributed by atoms with E-state index in [0.29, 0.717) is 4.88 Å². The zero-order valence-electron chi connectivity index (χ0n) is 13.2. The Hall–Kier alpha value is -2.00. The second-order valence-electron chi connectivity index (χ2n) is 6.06. The third kappa shape index (κ3) is 4.78. The molecule has 0 unspecified atom stereocenters. The van der Waals surface area contributed by atoms with E-state index in [2.05, 4.69) is 5.32 Å². The van der Waals surface area contributed by atoms with Gasteiger partial charge in [-0.05, 0) is 19.1 Å². The average Bonchev–Trinajstić information content (AvgIpc) is 2.85. The first-order chi connectivity index (χ1) is 10.2. The predicted molar refractivity (Wildman–Crippen MR) is 84.6 cm³/mol. The maximum Gasteiger partial charge on any atom is 0.225 e. The number of nitriles is 1. The molecule has 1 heterocycles. The van der Waals surface area contributed by atoms with Crippen LogP contribution < -0.4 is 5.32 Å². The lowest BCUT2D eigenvalue weighted by atomic mass is 9.95. The van der Waals surface area contributed by atoms with Crippen LogP contribution in [0.4, 0.5) is 0 Å². The van der Waals surface area contributed by atoms with Crippen molar-refractivity contribution in [2.75, 3.05) is 6.54 Å². The SMILES string of the molecule is Cc1ccc(C(=O)[C@H](C#N)C(=O)CCNC(=O)C(C)(C)C)s1. The van der Waals surface area contributed by atoms with Crippen LogP contribution in [0.2, 0.25) is 0 Å². The number of thiophene rings is 1. The van der Waals surface area contributed by atoms with Crippen LogP contribution in [-0.4, -0.2) is 24.0 Å². The Labute approximate surface area is 134 Å². The first-order valence-electron chi connectivity index (χ1n) is 6.98. The topological polar surface area (TPSA) is 87.0 Å². The Morgan fingerprint density at radius 2 is 1.95 bits per heavy atom. The first-order valence-corrected chi connectivity index (χ1v) is 7.79. The minimum Gasteiger partial charge on any atom is -0.355 e. The van der Waals surface area contributed by atoms with Gasteiger partial charge in [-0.25, -0.2) is 0 Å². The second kappa shape index (κ2) is 7.32. The van der Waals surface area contributed by atoms with E-state index in [1.54, 1.807) is 39.0 Å². The van der Waals surface area contributed by atoms with Gasteiger partial charge in [0, 0.05) is 23.3 Å². The molecule has 0 radical (unpaired) electrons. The molecule has 1 rings (SSSR count). The van der Waals surface area contributed by atoms with Gasteiger partial charge in [0.05, 0.1) is 10.9 Å².